The van der Waals surface area contributed by atoms with Gasteiger partial charge < -0.3 is 9.47 Å². The Bertz CT molecular complexity index is 303. The van der Waals surface area contributed by atoms with E-state index in [2.05, 4.69) is 4.18 Å². The molecule has 1 atom stereocenters. The van der Waals surface area contributed by atoms with E-state index >= 15 is 0 Å². The highest BCUT2D eigenvalue weighted by molar-refractivity contribution is 7.85. The van der Waals surface area contributed by atoms with Gasteiger partial charge >= 0.3 is 0 Å². The van der Waals surface area contributed by atoms with Crippen molar-refractivity contribution in [2.24, 2.45) is 0 Å². The van der Waals surface area contributed by atoms with Crippen LogP contribution in [0.1, 0.15) is 19.3 Å². The average molecular weight is 250 g/mol. The van der Waals surface area contributed by atoms with Crippen LogP contribution in [0.25, 0.3) is 0 Å². The lowest BCUT2D eigenvalue weighted by Gasteiger charge is -2.21. The predicted octanol–water partition coefficient (Wildman–Crippen LogP) is 1.06. The van der Waals surface area contributed by atoms with Crippen molar-refractivity contribution in [1.82, 2.24) is 0 Å². The quantitative estimate of drug-likeness (QED) is 0.521. The fourth-order valence-electron chi connectivity index (χ4n) is 1.30. The summed E-state index contributed by atoms with van der Waals surface area (Å²) in [6.45, 7) is 1.22. The summed E-state index contributed by atoms with van der Waals surface area (Å²) < 4.78 is 36.5. The minimum atomic E-state index is -3.35. The maximum atomic E-state index is 10.6. The average Bonchev–Trinajstić information content (AvgIpc) is 2.23. The Kier molecular flexibility index (Phi) is 5.97. The van der Waals surface area contributed by atoms with Gasteiger partial charge in [0.1, 0.15) is 0 Å². The highest BCUT2D eigenvalue weighted by Gasteiger charge is 2.12. The van der Waals surface area contributed by atoms with Crippen LogP contribution in [-0.4, -0.2) is 40.8 Å². The zero-order valence-corrected chi connectivity index (χ0v) is 10.2. The summed E-state index contributed by atoms with van der Waals surface area (Å²) in [6.07, 6.45) is 7.39. The van der Waals surface area contributed by atoms with Gasteiger partial charge in [0, 0.05) is 6.61 Å². The van der Waals surface area contributed by atoms with Gasteiger partial charge in [-0.05, 0) is 19.3 Å². The van der Waals surface area contributed by atoms with Crippen molar-refractivity contribution >= 4 is 10.1 Å². The van der Waals surface area contributed by atoms with Gasteiger partial charge in [-0.25, -0.2) is 0 Å². The van der Waals surface area contributed by atoms with Crippen LogP contribution < -0.4 is 0 Å². The van der Waals surface area contributed by atoms with Crippen molar-refractivity contribution in [1.29, 1.82) is 0 Å². The third-order valence-corrected chi connectivity index (χ3v) is 2.63. The molecule has 0 aromatic rings. The van der Waals surface area contributed by atoms with E-state index in [9.17, 15) is 8.42 Å². The molecule has 0 saturated carbocycles. The molecular weight excluding hydrogens is 232 g/mol. The summed E-state index contributed by atoms with van der Waals surface area (Å²) in [5.41, 5.74) is 0. The second-order valence-corrected chi connectivity index (χ2v) is 5.23. The minimum absolute atomic E-state index is 0.0493. The fraction of sp³-hybridized carbons (Fsp3) is 0.800. The van der Waals surface area contributed by atoms with E-state index < -0.39 is 10.1 Å². The van der Waals surface area contributed by atoms with Crippen molar-refractivity contribution in [2.45, 2.75) is 25.6 Å². The molecule has 6 heteroatoms. The van der Waals surface area contributed by atoms with Gasteiger partial charge in [-0.3, -0.25) is 4.18 Å². The Morgan fingerprint density at radius 1 is 1.31 bits per heavy atom. The Morgan fingerprint density at radius 3 is 2.69 bits per heavy atom. The van der Waals surface area contributed by atoms with Crippen LogP contribution in [0, 0.1) is 0 Å². The number of hydrogen-bond acceptors (Lipinski definition) is 5. The second kappa shape index (κ2) is 7.01. The van der Waals surface area contributed by atoms with Crippen molar-refractivity contribution in [3.05, 3.63) is 12.2 Å². The number of hydrogen-bond donors (Lipinski definition) is 0. The predicted molar refractivity (Wildman–Crippen MR) is 59.5 cm³/mol. The monoisotopic (exact) mass is 250 g/mol. The third-order valence-electron chi connectivity index (χ3n) is 2.06. The summed E-state index contributed by atoms with van der Waals surface area (Å²) >= 11 is 0. The Balaban J connectivity index is 2.03. The lowest BCUT2D eigenvalue weighted by molar-refractivity contribution is -0.155. The second-order valence-electron chi connectivity index (χ2n) is 3.59. The van der Waals surface area contributed by atoms with Crippen LogP contribution in [-0.2, 0) is 23.8 Å². The van der Waals surface area contributed by atoms with Crippen LogP contribution in [0.15, 0.2) is 12.2 Å². The summed E-state index contributed by atoms with van der Waals surface area (Å²) in [5, 5.41) is 0. The first-order chi connectivity index (χ1) is 7.58. The molecule has 1 saturated heterocycles. The van der Waals surface area contributed by atoms with Crippen LogP contribution in [0.2, 0.25) is 0 Å². The van der Waals surface area contributed by atoms with Gasteiger partial charge in [0.15, 0.2) is 6.29 Å². The SMILES string of the molecule is CS(=O)(=O)OC/C=C/COC1CCCCO1. The molecule has 0 radical (unpaired) electrons. The van der Waals surface area contributed by atoms with E-state index in [1.807, 2.05) is 0 Å². The highest BCUT2D eigenvalue weighted by atomic mass is 32.2. The van der Waals surface area contributed by atoms with E-state index in [0.29, 0.717) is 6.61 Å². The first-order valence-electron chi connectivity index (χ1n) is 5.30. The lowest BCUT2D eigenvalue weighted by atomic mass is 10.2. The zero-order chi connectivity index (χ0) is 11.9. The molecule has 0 bridgehead atoms. The molecule has 1 unspecified atom stereocenters. The molecule has 0 amide bonds. The topological polar surface area (TPSA) is 61.8 Å². The normalized spacial score (nSPS) is 22.7. The van der Waals surface area contributed by atoms with Gasteiger partial charge in [0.25, 0.3) is 10.1 Å². The molecule has 94 valence electrons. The lowest BCUT2D eigenvalue weighted by Crippen LogP contribution is -2.22. The summed E-state index contributed by atoms with van der Waals surface area (Å²) in [7, 11) is -3.35. The molecule has 0 spiro atoms. The molecule has 0 aromatic heterocycles. The summed E-state index contributed by atoms with van der Waals surface area (Å²) in [4.78, 5) is 0. The fourth-order valence-corrected chi connectivity index (χ4v) is 1.63. The molecule has 1 aliphatic rings. The van der Waals surface area contributed by atoms with Gasteiger partial charge in [-0.1, -0.05) is 12.2 Å². The van der Waals surface area contributed by atoms with Crippen molar-refractivity contribution in [3.63, 3.8) is 0 Å². The van der Waals surface area contributed by atoms with Gasteiger partial charge in [-0.2, -0.15) is 8.42 Å². The molecule has 0 aliphatic carbocycles. The van der Waals surface area contributed by atoms with E-state index in [-0.39, 0.29) is 12.9 Å². The van der Waals surface area contributed by atoms with Crippen LogP contribution >= 0.6 is 0 Å². The van der Waals surface area contributed by atoms with Crippen LogP contribution in [0.3, 0.4) is 0 Å². The molecular formula is C10H18O5S. The van der Waals surface area contributed by atoms with Crippen LogP contribution in [0.5, 0.6) is 0 Å². The van der Waals surface area contributed by atoms with E-state index in [1.54, 1.807) is 12.2 Å². The summed E-state index contributed by atoms with van der Waals surface area (Å²) in [6, 6.07) is 0. The molecule has 1 fully saturated rings. The third kappa shape index (κ3) is 6.95. The first kappa shape index (κ1) is 13.6. The van der Waals surface area contributed by atoms with E-state index in [4.69, 9.17) is 9.47 Å². The molecule has 16 heavy (non-hydrogen) atoms. The smallest absolute Gasteiger partial charge is 0.264 e. The number of ether oxygens (including phenoxy) is 2. The van der Waals surface area contributed by atoms with Gasteiger partial charge in [-0.15, -0.1) is 0 Å². The van der Waals surface area contributed by atoms with E-state index in [0.717, 1.165) is 32.1 Å². The first-order valence-corrected chi connectivity index (χ1v) is 7.12. The van der Waals surface area contributed by atoms with Crippen molar-refractivity contribution < 1.29 is 22.1 Å². The molecule has 1 aliphatic heterocycles. The van der Waals surface area contributed by atoms with Crippen molar-refractivity contribution in [2.75, 3.05) is 26.1 Å². The zero-order valence-electron chi connectivity index (χ0n) is 9.42. The molecule has 5 nitrogen and oxygen atoms in total. The standard InChI is InChI=1S/C10H18O5S/c1-16(11,12)15-9-5-4-8-14-10-6-2-3-7-13-10/h4-5,10H,2-3,6-9H2,1H3/b5-4+. The molecule has 0 aromatic carbocycles. The van der Waals surface area contributed by atoms with Crippen LogP contribution in [0.4, 0.5) is 0 Å². The van der Waals surface area contributed by atoms with E-state index in [1.165, 1.54) is 0 Å². The molecule has 1 heterocycles. The van der Waals surface area contributed by atoms with Gasteiger partial charge in [0.05, 0.1) is 19.5 Å². The largest absolute Gasteiger partial charge is 0.353 e. The minimum Gasteiger partial charge on any atom is -0.353 e. The Morgan fingerprint density at radius 2 is 2.06 bits per heavy atom. The number of rotatable bonds is 6. The molecule has 1 rings (SSSR count). The maximum Gasteiger partial charge on any atom is 0.264 e. The summed E-state index contributed by atoms with van der Waals surface area (Å²) in [5.74, 6) is 0. The van der Waals surface area contributed by atoms with Gasteiger partial charge in [0.2, 0.25) is 0 Å². The maximum absolute atomic E-state index is 10.6. The Labute approximate surface area is 96.5 Å². The van der Waals surface area contributed by atoms with Crippen molar-refractivity contribution in [3.8, 4) is 0 Å². The molecule has 0 N–H and O–H groups in total. The highest BCUT2D eigenvalue weighted by Crippen LogP contribution is 2.13. The Hall–Kier alpha value is -0.430.